The largest absolute Gasteiger partial charge is 0.325 e. The van der Waals surface area contributed by atoms with Crippen LogP contribution in [0.25, 0.3) is 0 Å². The molecule has 1 aromatic carbocycles. The van der Waals surface area contributed by atoms with Crippen LogP contribution in [0.3, 0.4) is 0 Å². The molecule has 0 bridgehead atoms. The number of carbonyl (C=O) groups excluding carboxylic acids is 1. The second-order valence-electron chi connectivity index (χ2n) is 4.29. The van der Waals surface area contributed by atoms with Crippen LogP contribution in [0.4, 0.5) is 10.5 Å². The summed E-state index contributed by atoms with van der Waals surface area (Å²) < 4.78 is 0. The number of piperidine rings is 1. The summed E-state index contributed by atoms with van der Waals surface area (Å²) in [5.74, 6) is 0. The van der Waals surface area contributed by atoms with Crippen LogP contribution < -0.4 is 5.32 Å². The fourth-order valence-electron chi connectivity index (χ4n) is 2.00. The molecule has 0 radical (unpaired) electrons. The van der Waals surface area contributed by atoms with E-state index in [1.54, 1.807) is 0 Å². The van der Waals surface area contributed by atoms with Gasteiger partial charge in [-0.05, 0) is 37.8 Å². The fourth-order valence-corrected chi connectivity index (χ4v) is 2.00. The summed E-state index contributed by atoms with van der Waals surface area (Å²) in [5.41, 5.74) is 2.02. The quantitative estimate of drug-likeness (QED) is 0.772. The van der Waals surface area contributed by atoms with Crippen LogP contribution in [0.15, 0.2) is 24.3 Å². The number of benzene rings is 1. The van der Waals surface area contributed by atoms with Crippen molar-refractivity contribution in [1.29, 1.82) is 0 Å². The Morgan fingerprint density at radius 1 is 1.19 bits per heavy atom. The maximum Gasteiger partial charge on any atom is 0.321 e. The Morgan fingerprint density at radius 3 is 2.56 bits per heavy atom. The predicted molar refractivity (Wildman–Crippen MR) is 65.6 cm³/mol. The Hall–Kier alpha value is -1.51. The number of likely N-dealkylation sites (tertiary alicyclic amines) is 1. The highest BCUT2D eigenvalue weighted by Crippen LogP contribution is 2.15. The molecule has 2 rings (SSSR count). The van der Waals surface area contributed by atoms with Crippen molar-refractivity contribution < 1.29 is 4.79 Å². The van der Waals surface area contributed by atoms with Crippen molar-refractivity contribution in [3.63, 3.8) is 0 Å². The van der Waals surface area contributed by atoms with Gasteiger partial charge in [0.25, 0.3) is 0 Å². The van der Waals surface area contributed by atoms with Crippen molar-refractivity contribution in [1.82, 2.24) is 4.90 Å². The molecule has 1 aliphatic rings. The minimum absolute atomic E-state index is 0.0361. The van der Waals surface area contributed by atoms with Gasteiger partial charge in [0.1, 0.15) is 0 Å². The predicted octanol–water partition coefficient (Wildman–Crippen LogP) is 3.01. The van der Waals surface area contributed by atoms with E-state index in [4.69, 9.17) is 0 Å². The Balaban J connectivity index is 1.99. The highest BCUT2D eigenvalue weighted by atomic mass is 16.2. The molecule has 0 saturated carbocycles. The van der Waals surface area contributed by atoms with E-state index < -0.39 is 0 Å². The number of nitrogens with zero attached hydrogens (tertiary/aromatic N) is 1. The van der Waals surface area contributed by atoms with Crippen molar-refractivity contribution in [2.45, 2.75) is 26.2 Å². The normalized spacial score (nSPS) is 15.9. The van der Waals surface area contributed by atoms with Crippen molar-refractivity contribution in [3.8, 4) is 0 Å². The highest BCUT2D eigenvalue weighted by Gasteiger charge is 2.16. The van der Waals surface area contributed by atoms with Gasteiger partial charge in [0.05, 0.1) is 0 Å². The molecule has 2 amide bonds. The smallest absolute Gasteiger partial charge is 0.321 e. The SMILES string of the molecule is Cc1ccccc1NC(=O)N1CCCCC1. The molecule has 1 aromatic rings. The number of hydrogen-bond donors (Lipinski definition) is 1. The van der Waals surface area contributed by atoms with Crippen LogP contribution in [0, 0.1) is 6.92 Å². The Kier molecular flexibility index (Phi) is 3.44. The summed E-state index contributed by atoms with van der Waals surface area (Å²) in [5, 5.41) is 2.97. The average Bonchev–Trinajstić information content (AvgIpc) is 2.33. The topological polar surface area (TPSA) is 32.3 Å². The first-order valence-corrected chi connectivity index (χ1v) is 5.89. The first-order valence-electron chi connectivity index (χ1n) is 5.89. The second kappa shape index (κ2) is 5.01. The van der Waals surface area contributed by atoms with Crippen LogP contribution in [-0.4, -0.2) is 24.0 Å². The lowest BCUT2D eigenvalue weighted by Gasteiger charge is -2.27. The van der Waals surface area contributed by atoms with Gasteiger partial charge < -0.3 is 10.2 Å². The Labute approximate surface area is 96.5 Å². The van der Waals surface area contributed by atoms with Gasteiger partial charge in [-0.1, -0.05) is 18.2 Å². The molecule has 1 saturated heterocycles. The first-order chi connectivity index (χ1) is 7.77. The lowest BCUT2D eigenvalue weighted by molar-refractivity contribution is 0.200. The van der Waals surface area contributed by atoms with Crippen molar-refractivity contribution in [2.24, 2.45) is 0 Å². The van der Waals surface area contributed by atoms with Crippen LogP contribution in [-0.2, 0) is 0 Å². The number of nitrogens with one attached hydrogen (secondary N) is 1. The van der Waals surface area contributed by atoms with E-state index in [1.165, 1.54) is 6.42 Å². The number of rotatable bonds is 1. The molecule has 16 heavy (non-hydrogen) atoms. The molecule has 0 atom stereocenters. The lowest BCUT2D eigenvalue weighted by Crippen LogP contribution is -2.38. The molecule has 0 unspecified atom stereocenters. The minimum atomic E-state index is 0.0361. The highest BCUT2D eigenvalue weighted by molar-refractivity contribution is 5.90. The molecular weight excluding hydrogens is 200 g/mol. The van der Waals surface area contributed by atoms with Gasteiger partial charge in [-0.2, -0.15) is 0 Å². The zero-order valence-corrected chi connectivity index (χ0v) is 9.70. The Bertz CT molecular complexity index is 370. The average molecular weight is 218 g/mol. The van der Waals surface area contributed by atoms with Gasteiger partial charge >= 0.3 is 6.03 Å². The molecular formula is C13H18N2O. The van der Waals surface area contributed by atoms with Gasteiger partial charge in [-0.25, -0.2) is 4.79 Å². The molecule has 1 aliphatic heterocycles. The summed E-state index contributed by atoms with van der Waals surface area (Å²) in [4.78, 5) is 13.8. The lowest BCUT2D eigenvalue weighted by atomic mass is 10.1. The van der Waals surface area contributed by atoms with Crippen molar-refractivity contribution >= 4 is 11.7 Å². The van der Waals surface area contributed by atoms with E-state index in [0.717, 1.165) is 37.2 Å². The number of anilines is 1. The van der Waals surface area contributed by atoms with Crippen LogP contribution >= 0.6 is 0 Å². The number of carbonyl (C=O) groups is 1. The minimum Gasteiger partial charge on any atom is -0.325 e. The van der Waals surface area contributed by atoms with E-state index >= 15 is 0 Å². The number of para-hydroxylation sites is 1. The number of aryl methyl sites for hydroxylation is 1. The molecule has 1 fully saturated rings. The summed E-state index contributed by atoms with van der Waals surface area (Å²) in [6.45, 7) is 3.78. The van der Waals surface area contributed by atoms with E-state index in [9.17, 15) is 4.79 Å². The standard InChI is InChI=1S/C13H18N2O/c1-11-7-3-4-8-12(11)14-13(16)15-9-5-2-6-10-15/h3-4,7-8H,2,5-6,9-10H2,1H3,(H,14,16). The van der Waals surface area contributed by atoms with Gasteiger partial charge in [0.2, 0.25) is 0 Å². The van der Waals surface area contributed by atoms with Gasteiger partial charge in [-0.3, -0.25) is 0 Å². The fraction of sp³-hybridized carbons (Fsp3) is 0.462. The van der Waals surface area contributed by atoms with Gasteiger partial charge in [0, 0.05) is 18.8 Å². The van der Waals surface area contributed by atoms with Crippen molar-refractivity contribution in [3.05, 3.63) is 29.8 Å². The van der Waals surface area contributed by atoms with E-state index in [2.05, 4.69) is 5.32 Å². The van der Waals surface area contributed by atoms with E-state index in [1.807, 2.05) is 36.1 Å². The van der Waals surface area contributed by atoms with E-state index in [0.29, 0.717) is 0 Å². The van der Waals surface area contributed by atoms with Crippen LogP contribution in [0.5, 0.6) is 0 Å². The molecule has 1 heterocycles. The molecule has 3 nitrogen and oxygen atoms in total. The first kappa shape index (κ1) is 11.0. The zero-order valence-electron chi connectivity index (χ0n) is 9.70. The molecule has 0 aliphatic carbocycles. The number of hydrogen-bond acceptors (Lipinski definition) is 1. The molecule has 3 heteroatoms. The number of urea groups is 1. The maximum atomic E-state index is 11.9. The molecule has 0 spiro atoms. The van der Waals surface area contributed by atoms with Crippen LogP contribution in [0.2, 0.25) is 0 Å². The van der Waals surface area contributed by atoms with Gasteiger partial charge in [0.15, 0.2) is 0 Å². The number of amides is 2. The molecule has 1 N–H and O–H groups in total. The Morgan fingerprint density at radius 2 is 1.88 bits per heavy atom. The van der Waals surface area contributed by atoms with Gasteiger partial charge in [-0.15, -0.1) is 0 Å². The van der Waals surface area contributed by atoms with Crippen molar-refractivity contribution in [2.75, 3.05) is 18.4 Å². The maximum absolute atomic E-state index is 11.9. The zero-order chi connectivity index (χ0) is 11.4. The summed E-state index contributed by atoms with van der Waals surface area (Å²) >= 11 is 0. The summed E-state index contributed by atoms with van der Waals surface area (Å²) in [6, 6.07) is 7.90. The summed E-state index contributed by atoms with van der Waals surface area (Å²) in [7, 11) is 0. The third-order valence-electron chi connectivity index (χ3n) is 3.03. The van der Waals surface area contributed by atoms with E-state index in [-0.39, 0.29) is 6.03 Å². The molecule has 86 valence electrons. The van der Waals surface area contributed by atoms with Crippen LogP contribution in [0.1, 0.15) is 24.8 Å². The third-order valence-corrected chi connectivity index (χ3v) is 3.03. The second-order valence-corrected chi connectivity index (χ2v) is 4.29. The monoisotopic (exact) mass is 218 g/mol. The third kappa shape index (κ3) is 2.54. The molecule has 0 aromatic heterocycles. The summed E-state index contributed by atoms with van der Waals surface area (Å²) in [6.07, 6.45) is 3.50.